The summed E-state index contributed by atoms with van der Waals surface area (Å²) in [6.45, 7) is 0. The number of carbonyl (C=O) groups is 1. The average molecular weight is 252 g/mol. The molecule has 2 aliphatic rings. The molecular weight excluding hydrogens is 240 g/mol. The molecule has 0 aromatic heterocycles. The average Bonchev–Trinajstić information content (AvgIpc) is 2.71. The second-order valence-corrected chi connectivity index (χ2v) is 4.46. The van der Waals surface area contributed by atoms with Crippen LogP contribution in [0.2, 0.25) is 0 Å². The predicted octanol–water partition coefficient (Wildman–Crippen LogP) is 3.48. The van der Waals surface area contributed by atoms with Crippen molar-refractivity contribution >= 4 is 11.5 Å². The van der Waals surface area contributed by atoms with Gasteiger partial charge in [0.25, 0.3) is 0 Å². The Labute approximate surface area is 110 Å². The van der Waals surface area contributed by atoms with Crippen molar-refractivity contribution in [3.8, 4) is 0 Å². The summed E-state index contributed by atoms with van der Waals surface area (Å²) in [4.78, 5) is 12.1. The molecule has 4 nitrogen and oxygen atoms in total. The molecule has 4 heteroatoms. The number of rotatable bonds is 2. The molecule has 19 heavy (non-hydrogen) atoms. The minimum Gasteiger partial charge on any atom is -0.509 e. The van der Waals surface area contributed by atoms with Gasteiger partial charge in [-0.1, -0.05) is 42.5 Å². The normalized spacial score (nSPS) is 25.4. The first-order valence-corrected chi connectivity index (χ1v) is 6.06. The van der Waals surface area contributed by atoms with Crippen molar-refractivity contribution in [2.75, 3.05) is 0 Å². The lowest BCUT2D eigenvalue weighted by molar-refractivity contribution is -0.117. The third-order valence-corrected chi connectivity index (χ3v) is 3.25. The van der Waals surface area contributed by atoms with Gasteiger partial charge in [-0.25, -0.2) is 0 Å². The Kier molecular flexibility index (Phi) is 2.83. The fourth-order valence-electron chi connectivity index (χ4n) is 2.26. The minimum atomic E-state index is -0.338. The van der Waals surface area contributed by atoms with E-state index in [2.05, 4.69) is 10.2 Å². The quantitative estimate of drug-likeness (QED) is 0.819. The zero-order valence-corrected chi connectivity index (χ0v) is 10.1. The van der Waals surface area contributed by atoms with Crippen molar-refractivity contribution in [1.29, 1.82) is 0 Å². The van der Waals surface area contributed by atoms with Crippen LogP contribution in [0.4, 0.5) is 5.69 Å². The van der Waals surface area contributed by atoms with Crippen LogP contribution < -0.4 is 0 Å². The molecule has 1 N–H and O–H groups in total. The Hall–Kier alpha value is -2.49. The molecule has 0 heterocycles. The Balaban J connectivity index is 1.90. The van der Waals surface area contributed by atoms with Crippen LogP contribution in [0.15, 0.2) is 76.3 Å². The summed E-state index contributed by atoms with van der Waals surface area (Å²) in [6, 6.07) is 9.12. The maximum absolute atomic E-state index is 12.1. The summed E-state index contributed by atoms with van der Waals surface area (Å²) in [5, 5.41) is 18.0. The van der Waals surface area contributed by atoms with Gasteiger partial charge in [0.05, 0.1) is 17.5 Å². The van der Waals surface area contributed by atoms with Crippen LogP contribution in [0.25, 0.3) is 0 Å². The summed E-state index contributed by atoms with van der Waals surface area (Å²) in [7, 11) is 0. The Bertz CT molecular complexity index is 627. The third kappa shape index (κ3) is 2.01. The number of carbonyl (C=O) groups excluding carboxylic acids is 1. The highest BCUT2D eigenvalue weighted by atomic mass is 16.3. The van der Waals surface area contributed by atoms with Gasteiger partial charge in [-0.15, -0.1) is 5.11 Å². The summed E-state index contributed by atoms with van der Waals surface area (Å²) in [6.07, 6.45) is 7.22. The van der Waals surface area contributed by atoms with E-state index in [1.165, 1.54) is 0 Å². The molecule has 0 spiro atoms. The summed E-state index contributed by atoms with van der Waals surface area (Å²) in [5.41, 5.74) is 0.714. The highest BCUT2D eigenvalue weighted by Gasteiger charge is 2.40. The Morgan fingerprint density at radius 3 is 2.32 bits per heavy atom. The van der Waals surface area contributed by atoms with Crippen LogP contribution in [-0.2, 0) is 4.79 Å². The van der Waals surface area contributed by atoms with Gasteiger partial charge in [0.15, 0.2) is 11.5 Å². The lowest BCUT2D eigenvalue weighted by Crippen LogP contribution is -2.15. The topological polar surface area (TPSA) is 62.0 Å². The van der Waals surface area contributed by atoms with Crippen LogP contribution >= 0.6 is 0 Å². The molecule has 1 aromatic carbocycles. The molecule has 3 rings (SSSR count). The Morgan fingerprint density at radius 1 is 0.947 bits per heavy atom. The van der Waals surface area contributed by atoms with Crippen molar-refractivity contribution in [1.82, 2.24) is 0 Å². The zero-order chi connectivity index (χ0) is 13.2. The second kappa shape index (κ2) is 4.65. The lowest BCUT2D eigenvalue weighted by Gasteiger charge is -2.13. The lowest BCUT2D eigenvalue weighted by atomic mass is 9.90. The van der Waals surface area contributed by atoms with E-state index in [0.717, 1.165) is 0 Å². The van der Waals surface area contributed by atoms with Crippen LogP contribution in [0, 0.1) is 11.8 Å². The molecule has 0 radical (unpaired) electrons. The molecule has 94 valence electrons. The first-order chi connectivity index (χ1) is 9.27. The van der Waals surface area contributed by atoms with Gasteiger partial charge in [0, 0.05) is 0 Å². The van der Waals surface area contributed by atoms with Crippen LogP contribution in [0.5, 0.6) is 0 Å². The smallest absolute Gasteiger partial charge is 0.194 e. The second-order valence-electron chi connectivity index (χ2n) is 4.46. The van der Waals surface area contributed by atoms with Crippen LogP contribution in [0.3, 0.4) is 0 Å². The number of fused-ring (bicyclic) bond motifs is 1. The van der Waals surface area contributed by atoms with Gasteiger partial charge in [-0.05, 0) is 12.1 Å². The number of hydrogen-bond donors (Lipinski definition) is 1. The number of nitrogens with zero attached hydrogens (tertiary/aromatic N) is 2. The Morgan fingerprint density at radius 2 is 1.63 bits per heavy atom. The van der Waals surface area contributed by atoms with Crippen molar-refractivity contribution in [3.63, 3.8) is 0 Å². The SMILES string of the molecule is O=C1C(N=Nc2ccccc2)=C(O)[C@@H]2C=CC=C[C@H]12. The number of azo groups is 1. The molecular formula is C15H12N2O2. The van der Waals surface area contributed by atoms with Gasteiger partial charge < -0.3 is 5.11 Å². The van der Waals surface area contributed by atoms with E-state index < -0.39 is 0 Å². The summed E-state index contributed by atoms with van der Waals surface area (Å²) < 4.78 is 0. The number of hydrogen-bond acceptors (Lipinski definition) is 4. The number of allylic oxidation sites excluding steroid dienone is 5. The fraction of sp³-hybridized carbons (Fsp3) is 0.133. The van der Waals surface area contributed by atoms with Crippen LogP contribution in [0.1, 0.15) is 0 Å². The van der Waals surface area contributed by atoms with Crippen molar-refractivity contribution < 1.29 is 9.90 Å². The molecule has 2 atom stereocenters. The number of Topliss-reactive ketones (excluding diaryl/α,β-unsaturated/α-hetero) is 1. The van der Waals surface area contributed by atoms with Gasteiger partial charge in [-0.3, -0.25) is 4.79 Å². The molecule has 0 saturated heterocycles. The third-order valence-electron chi connectivity index (χ3n) is 3.25. The molecule has 0 bridgehead atoms. The van der Waals surface area contributed by atoms with Gasteiger partial charge in [-0.2, -0.15) is 5.11 Å². The number of aliphatic hydroxyl groups excluding tert-OH is 1. The maximum Gasteiger partial charge on any atom is 0.194 e. The molecule has 0 saturated carbocycles. The fourth-order valence-corrected chi connectivity index (χ4v) is 2.26. The van der Waals surface area contributed by atoms with E-state index in [-0.39, 0.29) is 29.1 Å². The first kappa shape index (κ1) is 11.6. The van der Waals surface area contributed by atoms with Crippen LogP contribution in [-0.4, -0.2) is 10.9 Å². The molecule has 0 fully saturated rings. The predicted molar refractivity (Wildman–Crippen MR) is 70.9 cm³/mol. The number of ketones is 1. The minimum absolute atomic E-state index is 0.00952. The first-order valence-electron chi connectivity index (χ1n) is 6.06. The zero-order valence-electron chi connectivity index (χ0n) is 10.1. The van der Waals surface area contributed by atoms with E-state index in [9.17, 15) is 9.90 Å². The standard InChI is InChI=1S/C15H12N2O2/c18-14-11-8-4-5-9-12(11)15(19)13(14)17-16-10-6-2-1-3-7-10/h1-9,11-12,18H/t11-,12+/m1/s1. The molecule has 0 aliphatic heterocycles. The maximum atomic E-state index is 12.1. The van der Waals surface area contributed by atoms with Crippen molar-refractivity contribution in [3.05, 3.63) is 66.1 Å². The van der Waals surface area contributed by atoms with Crippen molar-refractivity contribution in [2.45, 2.75) is 0 Å². The molecule has 0 amide bonds. The number of aliphatic hydroxyl groups is 1. The van der Waals surface area contributed by atoms with Gasteiger partial charge in [0.1, 0.15) is 5.76 Å². The molecule has 1 aromatic rings. The highest BCUT2D eigenvalue weighted by molar-refractivity contribution is 6.01. The largest absolute Gasteiger partial charge is 0.509 e. The summed E-state index contributed by atoms with van der Waals surface area (Å²) >= 11 is 0. The van der Waals surface area contributed by atoms with E-state index >= 15 is 0 Å². The van der Waals surface area contributed by atoms with Crippen molar-refractivity contribution in [2.24, 2.45) is 22.1 Å². The summed E-state index contributed by atoms with van der Waals surface area (Å²) in [5.74, 6) is -0.796. The van der Waals surface area contributed by atoms with E-state index in [1.807, 2.05) is 36.4 Å². The van der Waals surface area contributed by atoms with E-state index in [0.29, 0.717) is 5.69 Å². The van der Waals surface area contributed by atoms with E-state index in [4.69, 9.17) is 0 Å². The van der Waals surface area contributed by atoms with E-state index in [1.54, 1.807) is 18.2 Å². The molecule has 0 unspecified atom stereocenters. The van der Waals surface area contributed by atoms with Gasteiger partial charge in [0.2, 0.25) is 0 Å². The van der Waals surface area contributed by atoms with Gasteiger partial charge >= 0.3 is 0 Å². The highest BCUT2D eigenvalue weighted by Crippen LogP contribution is 2.37. The monoisotopic (exact) mass is 252 g/mol. The molecule has 2 aliphatic carbocycles. The number of benzene rings is 1.